The molecular weight excluding hydrogens is 378 g/mol. The van der Waals surface area contributed by atoms with Gasteiger partial charge in [-0.15, -0.1) is 0 Å². The lowest BCUT2D eigenvalue weighted by molar-refractivity contribution is -0.119. The summed E-state index contributed by atoms with van der Waals surface area (Å²) >= 11 is 3.32. The molecule has 24 heavy (non-hydrogen) atoms. The first-order chi connectivity index (χ1) is 11.6. The van der Waals surface area contributed by atoms with Crippen LogP contribution in [-0.4, -0.2) is 31.7 Å². The molecule has 1 N–H and O–H groups in total. The van der Waals surface area contributed by atoms with Crippen LogP contribution in [0.5, 0.6) is 11.5 Å². The van der Waals surface area contributed by atoms with Crippen molar-refractivity contribution in [1.29, 1.82) is 0 Å². The summed E-state index contributed by atoms with van der Waals surface area (Å²) < 4.78 is 16.7. The van der Waals surface area contributed by atoms with Gasteiger partial charge in [-0.3, -0.25) is 4.79 Å². The van der Waals surface area contributed by atoms with Crippen LogP contribution in [0.2, 0.25) is 0 Å². The molecule has 1 heterocycles. The molecule has 3 rings (SSSR count). The quantitative estimate of drug-likeness (QED) is 0.810. The number of halogens is 1. The number of rotatable bonds is 4. The minimum Gasteiger partial charge on any atom is -0.486 e. The van der Waals surface area contributed by atoms with Gasteiger partial charge in [0.15, 0.2) is 18.1 Å². The van der Waals surface area contributed by atoms with Gasteiger partial charge in [-0.1, -0.05) is 22.0 Å². The topological polar surface area (TPSA) is 73.9 Å². The van der Waals surface area contributed by atoms with Crippen molar-refractivity contribution in [3.05, 3.63) is 52.5 Å². The van der Waals surface area contributed by atoms with Crippen LogP contribution in [0.25, 0.3) is 0 Å². The van der Waals surface area contributed by atoms with Gasteiger partial charge < -0.3 is 19.5 Å². The first-order valence-corrected chi connectivity index (χ1v) is 8.03. The van der Waals surface area contributed by atoms with Gasteiger partial charge in [0.05, 0.1) is 5.56 Å². The molecule has 2 aromatic rings. The van der Waals surface area contributed by atoms with E-state index in [9.17, 15) is 9.59 Å². The highest BCUT2D eigenvalue weighted by molar-refractivity contribution is 9.10. The first-order valence-electron chi connectivity index (χ1n) is 7.24. The summed E-state index contributed by atoms with van der Waals surface area (Å²) in [4.78, 5) is 23.9. The van der Waals surface area contributed by atoms with Gasteiger partial charge in [-0.05, 0) is 36.4 Å². The summed E-state index contributed by atoms with van der Waals surface area (Å²) in [7, 11) is 0. The van der Waals surface area contributed by atoms with Crippen LogP contribution >= 0.6 is 15.9 Å². The number of ether oxygens (including phenoxy) is 3. The average Bonchev–Trinajstić information content (AvgIpc) is 2.59. The Morgan fingerprint density at radius 3 is 2.67 bits per heavy atom. The highest BCUT2D eigenvalue weighted by Crippen LogP contribution is 2.30. The van der Waals surface area contributed by atoms with Gasteiger partial charge in [0, 0.05) is 10.2 Å². The SMILES string of the molecule is O=C(COC(=O)c1ccc2c(c1)OCCO2)Nc1cccc(Br)c1. The Balaban J connectivity index is 1.56. The van der Waals surface area contributed by atoms with Gasteiger partial charge in [0.2, 0.25) is 0 Å². The molecule has 0 bridgehead atoms. The molecule has 2 aromatic carbocycles. The number of nitrogens with one attached hydrogen (secondary N) is 1. The lowest BCUT2D eigenvalue weighted by Crippen LogP contribution is -2.21. The van der Waals surface area contributed by atoms with Crippen LogP contribution in [0.3, 0.4) is 0 Å². The van der Waals surface area contributed by atoms with Crippen molar-refractivity contribution >= 4 is 33.5 Å². The van der Waals surface area contributed by atoms with Crippen LogP contribution in [0.1, 0.15) is 10.4 Å². The van der Waals surface area contributed by atoms with E-state index in [0.29, 0.717) is 36.0 Å². The maximum absolute atomic E-state index is 12.0. The summed E-state index contributed by atoms with van der Waals surface area (Å²) in [5.74, 6) is 0.0647. The third kappa shape index (κ3) is 4.05. The normalized spacial score (nSPS) is 12.4. The van der Waals surface area contributed by atoms with Crippen LogP contribution in [-0.2, 0) is 9.53 Å². The molecule has 0 spiro atoms. The summed E-state index contributed by atoms with van der Waals surface area (Å²) in [6, 6.07) is 11.9. The van der Waals surface area contributed by atoms with Crippen LogP contribution in [0.15, 0.2) is 46.9 Å². The third-order valence-electron chi connectivity index (χ3n) is 3.22. The van der Waals surface area contributed by atoms with Crippen LogP contribution in [0.4, 0.5) is 5.69 Å². The monoisotopic (exact) mass is 391 g/mol. The van der Waals surface area contributed by atoms with E-state index >= 15 is 0 Å². The van der Waals surface area contributed by atoms with E-state index in [1.165, 1.54) is 0 Å². The molecule has 7 heteroatoms. The van der Waals surface area contributed by atoms with Gasteiger partial charge in [0.25, 0.3) is 5.91 Å². The number of benzene rings is 2. The zero-order chi connectivity index (χ0) is 16.9. The van der Waals surface area contributed by atoms with Crippen molar-refractivity contribution in [3.63, 3.8) is 0 Å². The summed E-state index contributed by atoms with van der Waals surface area (Å²) in [6.45, 7) is 0.535. The van der Waals surface area contributed by atoms with Crippen molar-refractivity contribution in [2.45, 2.75) is 0 Å². The predicted octanol–water partition coefficient (Wildman–Crippen LogP) is 3.02. The molecule has 0 radical (unpaired) electrons. The highest BCUT2D eigenvalue weighted by Gasteiger charge is 2.16. The molecule has 124 valence electrons. The van der Waals surface area contributed by atoms with Crippen molar-refractivity contribution in [2.75, 3.05) is 25.1 Å². The predicted molar refractivity (Wildman–Crippen MR) is 90.5 cm³/mol. The Kier molecular flexibility index (Phi) is 5.00. The van der Waals surface area contributed by atoms with Gasteiger partial charge in [-0.2, -0.15) is 0 Å². The van der Waals surface area contributed by atoms with E-state index in [0.717, 1.165) is 4.47 Å². The van der Waals surface area contributed by atoms with E-state index in [-0.39, 0.29) is 6.61 Å². The number of hydrogen-bond donors (Lipinski definition) is 1. The van der Waals surface area contributed by atoms with Gasteiger partial charge >= 0.3 is 5.97 Å². The minimum absolute atomic E-state index is 0.300. The molecule has 0 fully saturated rings. The Morgan fingerprint density at radius 2 is 1.88 bits per heavy atom. The number of fused-ring (bicyclic) bond motifs is 1. The smallest absolute Gasteiger partial charge is 0.338 e. The standard InChI is InChI=1S/C17H14BrNO5/c18-12-2-1-3-13(9-12)19-16(20)10-24-17(21)11-4-5-14-15(8-11)23-7-6-22-14/h1-5,8-9H,6-7,10H2,(H,19,20). The number of carbonyl (C=O) groups excluding carboxylic acids is 2. The molecular formula is C17H14BrNO5. The number of esters is 1. The molecule has 1 aliphatic rings. The fourth-order valence-electron chi connectivity index (χ4n) is 2.15. The lowest BCUT2D eigenvalue weighted by Gasteiger charge is -2.18. The van der Waals surface area contributed by atoms with Crippen molar-refractivity contribution in [1.82, 2.24) is 0 Å². The van der Waals surface area contributed by atoms with Crippen molar-refractivity contribution < 1.29 is 23.8 Å². The molecule has 0 saturated carbocycles. The fraction of sp³-hybridized carbons (Fsp3) is 0.176. The molecule has 0 saturated heterocycles. The Hall–Kier alpha value is -2.54. The fourth-order valence-corrected chi connectivity index (χ4v) is 2.55. The Bertz CT molecular complexity index is 777. The van der Waals surface area contributed by atoms with E-state index in [4.69, 9.17) is 14.2 Å². The minimum atomic E-state index is -0.601. The number of anilines is 1. The van der Waals surface area contributed by atoms with E-state index in [1.54, 1.807) is 36.4 Å². The average molecular weight is 392 g/mol. The highest BCUT2D eigenvalue weighted by atomic mass is 79.9. The summed E-state index contributed by atoms with van der Waals surface area (Å²) in [6.07, 6.45) is 0. The number of hydrogen-bond acceptors (Lipinski definition) is 5. The largest absolute Gasteiger partial charge is 0.486 e. The first kappa shape index (κ1) is 16.3. The lowest BCUT2D eigenvalue weighted by atomic mass is 10.2. The van der Waals surface area contributed by atoms with E-state index in [2.05, 4.69) is 21.2 Å². The van der Waals surface area contributed by atoms with Crippen LogP contribution in [0, 0.1) is 0 Å². The second-order valence-corrected chi connectivity index (χ2v) is 5.91. The van der Waals surface area contributed by atoms with E-state index in [1.807, 2.05) is 6.07 Å². The molecule has 0 aliphatic carbocycles. The third-order valence-corrected chi connectivity index (χ3v) is 3.71. The number of carbonyl (C=O) groups is 2. The second kappa shape index (κ2) is 7.35. The van der Waals surface area contributed by atoms with Gasteiger partial charge in [-0.25, -0.2) is 4.79 Å². The molecule has 6 nitrogen and oxygen atoms in total. The summed E-state index contributed by atoms with van der Waals surface area (Å²) in [5.41, 5.74) is 0.916. The molecule has 0 unspecified atom stereocenters. The van der Waals surface area contributed by atoms with E-state index < -0.39 is 11.9 Å². The second-order valence-electron chi connectivity index (χ2n) is 4.99. The van der Waals surface area contributed by atoms with Crippen molar-refractivity contribution in [2.24, 2.45) is 0 Å². The zero-order valence-electron chi connectivity index (χ0n) is 12.6. The van der Waals surface area contributed by atoms with Crippen molar-refractivity contribution in [3.8, 4) is 11.5 Å². The zero-order valence-corrected chi connectivity index (χ0v) is 14.2. The molecule has 1 aliphatic heterocycles. The molecule has 0 aromatic heterocycles. The maximum Gasteiger partial charge on any atom is 0.338 e. The Morgan fingerprint density at radius 1 is 1.08 bits per heavy atom. The maximum atomic E-state index is 12.0. The summed E-state index contributed by atoms with van der Waals surface area (Å²) in [5, 5.41) is 2.65. The van der Waals surface area contributed by atoms with Crippen LogP contribution < -0.4 is 14.8 Å². The molecule has 0 atom stereocenters. The number of amides is 1. The molecule has 1 amide bonds. The Labute approximate surface area is 146 Å². The van der Waals surface area contributed by atoms with Gasteiger partial charge in [0.1, 0.15) is 13.2 Å².